The molecular formula is C15H21N3. The first-order chi connectivity index (χ1) is 8.74. The maximum atomic E-state index is 6.59. The lowest BCUT2D eigenvalue weighted by atomic mass is 9.98. The van der Waals surface area contributed by atoms with E-state index in [1.165, 1.54) is 18.4 Å². The second-order valence-electron chi connectivity index (χ2n) is 5.44. The third-order valence-corrected chi connectivity index (χ3v) is 4.04. The molecule has 3 rings (SSSR count). The number of imidazole rings is 1. The van der Waals surface area contributed by atoms with Crippen molar-refractivity contribution in [1.82, 2.24) is 9.55 Å². The van der Waals surface area contributed by atoms with Gasteiger partial charge in [0.05, 0.1) is 16.6 Å². The predicted molar refractivity (Wildman–Crippen MR) is 74.4 cm³/mol. The first-order valence-corrected chi connectivity index (χ1v) is 6.99. The van der Waals surface area contributed by atoms with Crippen molar-refractivity contribution >= 4 is 11.0 Å². The number of aryl methyl sites for hydroxylation is 1. The Hall–Kier alpha value is -1.35. The van der Waals surface area contributed by atoms with Gasteiger partial charge < -0.3 is 10.3 Å². The van der Waals surface area contributed by atoms with E-state index in [0.29, 0.717) is 0 Å². The number of para-hydroxylation sites is 2. The average Bonchev–Trinajstić information content (AvgIpc) is 2.96. The van der Waals surface area contributed by atoms with Crippen molar-refractivity contribution in [2.75, 3.05) is 0 Å². The molecule has 1 aromatic carbocycles. The largest absolute Gasteiger partial charge is 0.326 e. The molecule has 3 nitrogen and oxygen atoms in total. The number of benzene rings is 1. The van der Waals surface area contributed by atoms with Crippen LogP contribution in [0.5, 0.6) is 0 Å². The molecule has 0 unspecified atom stereocenters. The van der Waals surface area contributed by atoms with Gasteiger partial charge in [0.15, 0.2) is 0 Å². The van der Waals surface area contributed by atoms with Crippen LogP contribution in [0, 0.1) is 0 Å². The summed E-state index contributed by atoms with van der Waals surface area (Å²) in [4.78, 5) is 4.82. The van der Waals surface area contributed by atoms with Crippen LogP contribution in [0.1, 0.15) is 44.9 Å². The molecule has 0 bridgehead atoms. The molecule has 3 heteroatoms. The van der Waals surface area contributed by atoms with E-state index in [1.807, 2.05) is 6.07 Å². The molecule has 0 saturated heterocycles. The van der Waals surface area contributed by atoms with Gasteiger partial charge in [0.2, 0.25) is 0 Å². The van der Waals surface area contributed by atoms with Crippen LogP contribution in [0.15, 0.2) is 24.3 Å². The van der Waals surface area contributed by atoms with Gasteiger partial charge in [-0.15, -0.1) is 0 Å². The van der Waals surface area contributed by atoms with Crippen LogP contribution < -0.4 is 5.73 Å². The van der Waals surface area contributed by atoms with Gasteiger partial charge in [0.25, 0.3) is 0 Å². The van der Waals surface area contributed by atoms with Crippen molar-refractivity contribution in [3.63, 3.8) is 0 Å². The van der Waals surface area contributed by atoms with E-state index in [0.717, 1.165) is 37.1 Å². The minimum Gasteiger partial charge on any atom is -0.326 e. The summed E-state index contributed by atoms with van der Waals surface area (Å²) in [5.74, 6) is 1.10. The van der Waals surface area contributed by atoms with E-state index in [2.05, 4.69) is 29.7 Å². The fraction of sp³-hybridized carbons (Fsp3) is 0.533. The highest BCUT2D eigenvalue weighted by atomic mass is 15.1. The molecule has 0 spiro atoms. The van der Waals surface area contributed by atoms with Crippen molar-refractivity contribution in [2.45, 2.75) is 51.1 Å². The smallest absolute Gasteiger partial charge is 0.130 e. The molecule has 1 saturated carbocycles. The normalized spacial score (nSPS) is 18.6. The van der Waals surface area contributed by atoms with Crippen molar-refractivity contribution in [1.29, 1.82) is 0 Å². The minimum atomic E-state index is -0.200. The minimum absolute atomic E-state index is 0.200. The molecule has 1 aromatic heterocycles. The number of hydrogen-bond acceptors (Lipinski definition) is 2. The van der Waals surface area contributed by atoms with Crippen LogP contribution in [-0.2, 0) is 12.1 Å². The van der Waals surface area contributed by atoms with Gasteiger partial charge in [0.1, 0.15) is 5.82 Å². The second kappa shape index (κ2) is 4.39. The monoisotopic (exact) mass is 243 g/mol. The van der Waals surface area contributed by atoms with Gasteiger partial charge in [-0.05, 0) is 31.4 Å². The third kappa shape index (κ3) is 1.74. The summed E-state index contributed by atoms with van der Waals surface area (Å²) in [5.41, 5.74) is 8.70. The Kier molecular flexibility index (Phi) is 2.86. The SMILES string of the molecule is CCCn1c(C2(N)CCCC2)nc2ccccc21. The summed E-state index contributed by atoms with van der Waals surface area (Å²) < 4.78 is 2.33. The Morgan fingerprint density at radius 3 is 2.72 bits per heavy atom. The third-order valence-electron chi connectivity index (χ3n) is 4.04. The van der Waals surface area contributed by atoms with Crippen molar-refractivity contribution in [2.24, 2.45) is 5.73 Å². The molecule has 0 aliphatic heterocycles. The lowest BCUT2D eigenvalue weighted by molar-refractivity contribution is 0.409. The Balaban J connectivity index is 2.18. The Labute approximate surface area is 108 Å². The number of hydrogen-bond donors (Lipinski definition) is 1. The summed E-state index contributed by atoms with van der Waals surface area (Å²) in [6, 6.07) is 8.37. The predicted octanol–water partition coefficient (Wildman–Crippen LogP) is 3.17. The first kappa shape index (κ1) is 11.7. The highest BCUT2D eigenvalue weighted by Gasteiger charge is 2.35. The van der Waals surface area contributed by atoms with Crippen LogP contribution in [-0.4, -0.2) is 9.55 Å². The molecule has 2 N–H and O–H groups in total. The van der Waals surface area contributed by atoms with Crippen LogP contribution in [0.3, 0.4) is 0 Å². The number of nitrogens with zero attached hydrogens (tertiary/aromatic N) is 2. The first-order valence-electron chi connectivity index (χ1n) is 6.99. The average molecular weight is 243 g/mol. The standard InChI is InChI=1S/C15H21N3/c1-2-11-18-13-8-4-3-7-12(13)17-14(18)15(16)9-5-6-10-15/h3-4,7-8H,2,5-6,9-11,16H2,1H3. The Bertz CT molecular complexity index is 550. The quantitative estimate of drug-likeness (QED) is 0.899. The number of nitrogens with two attached hydrogens (primary N) is 1. The van der Waals surface area contributed by atoms with Gasteiger partial charge in [0, 0.05) is 6.54 Å². The molecular weight excluding hydrogens is 222 g/mol. The van der Waals surface area contributed by atoms with Crippen molar-refractivity contribution in [3.8, 4) is 0 Å². The molecule has 2 aromatic rings. The highest BCUT2D eigenvalue weighted by Crippen LogP contribution is 2.37. The second-order valence-corrected chi connectivity index (χ2v) is 5.44. The summed E-state index contributed by atoms with van der Waals surface area (Å²) in [5, 5.41) is 0. The van der Waals surface area contributed by atoms with Gasteiger partial charge in [-0.1, -0.05) is 31.9 Å². The fourth-order valence-corrected chi connectivity index (χ4v) is 3.14. The van der Waals surface area contributed by atoms with Crippen molar-refractivity contribution in [3.05, 3.63) is 30.1 Å². The molecule has 0 amide bonds. The van der Waals surface area contributed by atoms with E-state index < -0.39 is 0 Å². The highest BCUT2D eigenvalue weighted by molar-refractivity contribution is 5.76. The summed E-state index contributed by atoms with van der Waals surface area (Å²) >= 11 is 0. The zero-order valence-electron chi connectivity index (χ0n) is 11.0. The van der Waals surface area contributed by atoms with E-state index in [-0.39, 0.29) is 5.54 Å². The summed E-state index contributed by atoms with van der Waals surface area (Å²) in [6.07, 6.45) is 5.71. The molecule has 1 heterocycles. The van der Waals surface area contributed by atoms with Gasteiger partial charge >= 0.3 is 0 Å². The lowest BCUT2D eigenvalue weighted by Crippen LogP contribution is -2.36. The Morgan fingerprint density at radius 1 is 1.28 bits per heavy atom. The zero-order valence-corrected chi connectivity index (χ0v) is 11.0. The number of rotatable bonds is 3. The van der Waals surface area contributed by atoms with Crippen LogP contribution >= 0.6 is 0 Å². The fourth-order valence-electron chi connectivity index (χ4n) is 3.14. The van der Waals surface area contributed by atoms with Gasteiger partial charge in [-0.3, -0.25) is 0 Å². The van der Waals surface area contributed by atoms with E-state index in [9.17, 15) is 0 Å². The number of fused-ring (bicyclic) bond motifs is 1. The van der Waals surface area contributed by atoms with Gasteiger partial charge in [-0.25, -0.2) is 4.98 Å². The molecule has 96 valence electrons. The van der Waals surface area contributed by atoms with Crippen molar-refractivity contribution < 1.29 is 0 Å². The molecule has 1 fully saturated rings. The molecule has 1 aliphatic carbocycles. The van der Waals surface area contributed by atoms with Gasteiger partial charge in [-0.2, -0.15) is 0 Å². The molecule has 18 heavy (non-hydrogen) atoms. The lowest BCUT2D eigenvalue weighted by Gasteiger charge is -2.24. The molecule has 0 atom stereocenters. The molecule has 1 aliphatic rings. The van der Waals surface area contributed by atoms with Crippen LogP contribution in [0.25, 0.3) is 11.0 Å². The number of aromatic nitrogens is 2. The van der Waals surface area contributed by atoms with E-state index in [1.54, 1.807) is 0 Å². The van der Waals surface area contributed by atoms with Crippen LogP contribution in [0.4, 0.5) is 0 Å². The van der Waals surface area contributed by atoms with Crippen LogP contribution in [0.2, 0.25) is 0 Å². The summed E-state index contributed by atoms with van der Waals surface area (Å²) in [6.45, 7) is 3.21. The summed E-state index contributed by atoms with van der Waals surface area (Å²) in [7, 11) is 0. The zero-order chi connectivity index (χ0) is 12.6. The Morgan fingerprint density at radius 2 is 2.00 bits per heavy atom. The maximum Gasteiger partial charge on any atom is 0.130 e. The van der Waals surface area contributed by atoms with E-state index >= 15 is 0 Å². The topological polar surface area (TPSA) is 43.8 Å². The van der Waals surface area contributed by atoms with E-state index in [4.69, 9.17) is 10.7 Å². The molecule has 0 radical (unpaired) electrons. The maximum absolute atomic E-state index is 6.59.